The average Bonchev–Trinajstić information content (AvgIpc) is 3.13. The molecule has 0 spiro atoms. The smallest absolute Gasteiger partial charge is 0.231 e. The van der Waals surface area contributed by atoms with Gasteiger partial charge in [-0.1, -0.05) is 17.7 Å². The molecule has 142 valence electrons. The molecule has 0 aliphatic carbocycles. The maximum atomic E-state index is 13.3. The largest absolute Gasteiger partial charge is 0.454 e. The normalized spacial score (nSPS) is 16.4. The number of fused-ring (bicyclic) bond motifs is 1. The highest BCUT2D eigenvalue weighted by Crippen LogP contribution is 2.34. The lowest BCUT2D eigenvalue weighted by Crippen LogP contribution is -2.49. The van der Waals surface area contributed by atoms with Crippen molar-refractivity contribution in [1.82, 2.24) is 9.80 Å². The van der Waals surface area contributed by atoms with Gasteiger partial charge in [0, 0.05) is 44.5 Å². The summed E-state index contributed by atoms with van der Waals surface area (Å²) in [5.41, 5.74) is 1.89. The molecule has 1 fully saturated rings. The van der Waals surface area contributed by atoms with Gasteiger partial charge >= 0.3 is 0 Å². The maximum Gasteiger partial charge on any atom is 0.231 e. The Kier molecular flexibility index (Phi) is 5.33. The fourth-order valence-electron chi connectivity index (χ4n) is 3.18. The highest BCUT2D eigenvalue weighted by Gasteiger charge is 2.20. The average molecular weight is 408 g/mol. The molecular formula is C19H19ClFN3O2S. The Hall–Kier alpha value is -2.09. The Morgan fingerprint density at radius 3 is 2.63 bits per heavy atom. The van der Waals surface area contributed by atoms with Crippen LogP contribution >= 0.6 is 23.8 Å². The van der Waals surface area contributed by atoms with Crippen LogP contribution in [0.5, 0.6) is 11.5 Å². The Morgan fingerprint density at radius 1 is 1.07 bits per heavy atom. The van der Waals surface area contributed by atoms with Gasteiger partial charge < -0.3 is 19.7 Å². The summed E-state index contributed by atoms with van der Waals surface area (Å²) in [6.07, 6.45) is 0. The minimum absolute atomic E-state index is 0.167. The van der Waals surface area contributed by atoms with E-state index >= 15 is 0 Å². The molecule has 0 bridgehead atoms. The molecule has 0 saturated carbocycles. The first-order chi connectivity index (χ1) is 13.1. The Bertz CT molecular complexity index is 859. The van der Waals surface area contributed by atoms with Crippen LogP contribution in [0, 0.1) is 5.82 Å². The van der Waals surface area contributed by atoms with Crippen molar-refractivity contribution in [2.24, 2.45) is 0 Å². The van der Waals surface area contributed by atoms with Crippen molar-refractivity contribution >= 4 is 34.6 Å². The van der Waals surface area contributed by atoms with E-state index in [9.17, 15) is 4.39 Å². The molecule has 2 heterocycles. The molecule has 2 aliphatic rings. The third-order valence-corrected chi connectivity index (χ3v) is 5.32. The predicted octanol–water partition coefficient (Wildman–Crippen LogP) is 3.72. The molecule has 27 heavy (non-hydrogen) atoms. The quantitative estimate of drug-likeness (QED) is 0.781. The van der Waals surface area contributed by atoms with Crippen LogP contribution in [-0.2, 0) is 6.54 Å². The number of hydrogen-bond acceptors (Lipinski definition) is 4. The van der Waals surface area contributed by atoms with Gasteiger partial charge in [-0.2, -0.15) is 0 Å². The lowest BCUT2D eigenvalue weighted by Gasteiger charge is -2.36. The van der Waals surface area contributed by atoms with E-state index in [2.05, 4.69) is 15.1 Å². The van der Waals surface area contributed by atoms with E-state index in [4.69, 9.17) is 33.3 Å². The zero-order valence-corrected chi connectivity index (χ0v) is 16.2. The van der Waals surface area contributed by atoms with Crippen molar-refractivity contribution in [3.8, 4) is 11.5 Å². The highest BCUT2D eigenvalue weighted by molar-refractivity contribution is 7.80. The van der Waals surface area contributed by atoms with Gasteiger partial charge in [0.1, 0.15) is 5.82 Å². The summed E-state index contributed by atoms with van der Waals surface area (Å²) >= 11 is 11.4. The van der Waals surface area contributed by atoms with Gasteiger partial charge in [0.25, 0.3) is 0 Å². The van der Waals surface area contributed by atoms with Crippen LogP contribution in [0.4, 0.5) is 10.1 Å². The third-order valence-electron chi connectivity index (χ3n) is 4.67. The lowest BCUT2D eigenvalue weighted by molar-refractivity contribution is 0.174. The lowest BCUT2D eigenvalue weighted by atomic mass is 10.2. The highest BCUT2D eigenvalue weighted by atomic mass is 35.5. The van der Waals surface area contributed by atoms with Crippen LogP contribution in [-0.4, -0.2) is 47.9 Å². The second-order valence-electron chi connectivity index (χ2n) is 6.51. The second-order valence-corrected chi connectivity index (χ2v) is 7.30. The van der Waals surface area contributed by atoms with Gasteiger partial charge in [-0.05, 0) is 42.0 Å². The molecule has 5 nitrogen and oxygen atoms in total. The number of nitrogens with one attached hydrogen (secondary N) is 1. The summed E-state index contributed by atoms with van der Waals surface area (Å²) in [4.78, 5) is 4.46. The number of ether oxygens (including phenoxy) is 2. The van der Waals surface area contributed by atoms with Crippen LogP contribution in [0.3, 0.4) is 0 Å². The number of rotatable bonds is 3. The number of benzene rings is 2. The zero-order valence-electron chi connectivity index (χ0n) is 14.6. The van der Waals surface area contributed by atoms with Crippen molar-refractivity contribution in [3.05, 3.63) is 52.8 Å². The number of thiocarbonyl (C=S) groups is 1. The van der Waals surface area contributed by atoms with E-state index in [-0.39, 0.29) is 17.6 Å². The van der Waals surface area contributed by atoms with Gasteiger partial charge in [-0.15, -0.1) is 0 Å². The summed E-state index contributed by atoms with van der Waals surface area (Å²) in [7, 11) is 0. The van der Waals surface area contributed by atoms with Crippen LogP contribution in [0.2, 0.25) is 5.02 Å². The molecule has 4 rings (SSSR count). The first kappa shape index (κ1) is 18.3. The first-order valence-corrected chi connectivity index (χ1v) is 9.49. The van der Waals surface area contributed by atoms with E-state index in [1.54, 1.807) is 12.1 Å². The second kappa shape index (κ2) is 7.88. The molecule has 0 amide bonds. The molecule has 2 aromatic carbocycles. The molecule has 0 radical (unpaired) electrons. The summed E-state index contributed by atoms with van der Waals surface area (Å²) in [5.74, 6) is 1.09. The number of piperazine rings is 1. The Labute approximate surface area is 167 Å². The minimum atomic E-state index is -0.384. The van der Waals surface area contributed by atoms with E-state index in [0.29, 0.717) is 5.11 Å². The molecule has 1 N–H and O–H groups in total. The van der Waals surface area contributed by atoms with Gasteiger partial charge in [0.2, 0.25) is 6.79 Å². The van der Waals surface area contributed by atoms with E-state index in [1.165, 1.54) is 6.07 Å². The van der Waals surface area contributed by atoms with Crippen molar-refractivity contribution in [2.75, 3.05) is 38.3 Å². The molecular weight excluding hydrogens is 389 g/mol. The minimum Gasteiger partial charge on any atom is -0.454 e. The molecule has 0 unspecified atom stereocenters. The molecule has 8 heteroatoms. The number of halogens is 2. The SMILES string of the molecule is Fc1ccc(CN2CCN(C(=S)Nc3ccc4c(c3)OCO4)CC2)cc1Cl. The zero-order chi connectivity index (χ0) is 18.8. The van der Waals surface area contributed by atoms with Crippen molar-refractivity contribution in [1.29, 1.82) is 0 Å². The van der Waals surface area contributed by atoms with E-state index in [1.807, 2.05) is 18.2 Å². The van der Waals surface area contributed by atoms with Crippen LogP contribution < -0.4 is 14.8 Å². The molecule has 2 aromatic rings. The molecule has 1 saturated heterocycles. The summed E-state index contributed by atoms with van der Waals surface area (Å²) < 4.78 is 24.0. The van der Waals surface area contributed by atoms with Gasteiger partial charge in [0.05, 0.1) is 5.02 Å². The monoisotopic (exact) mass is 407 g/mol. The van der Waals surface area contributed by atoms with Crippen molar-refractivity contribution in [3.63, 3.8) is 0 Å². The molecule has 0 atom stereocenters. The van der Waals surface area contributed by atoms with Crippen LogP contribution in [0.15, 0.2) is 36.4 Å². The van der Waals surface area contributed by atoms with Gasteiger partial charge in [-0.3, -0.25) is 4.90 Å². The third kappa shape index (κ3) is 4.26. The standard InChI is InChI=1S/C19H19ClFN3O2S/c20-15-9-13(1-3-16(15)21)11-23-5-7-24(8-6-23)19(27)22-14-2-4-17-18(10-14)26-12-25-17/h1-4,9-10H,5-8,11-12H2,(H,22,27). The van der Waals surface area contributed by atoms with Gasteiger partial charge in [-0.25, -0.2) is 4.39 Å². The van der Waals surface area contributed by atoms with Crippen LogP contribution in [0.1, 0.15) is 5.56 Å². The summed E-state index contributed by atoms with van der Waals surface area (Å²) in [6, 6.07) is 10.6. The molecule has 0 aromatic heterocycles. The van der Waals surface area contributed by atoms with Crippen molar-refractivity contribution in [2.45, 2.75) is 6.54 Å². The number of anilines is 1. The summed E-state index contributed by atoms with van der Waals surface area (Å²) in [5, 5.41) is 4.12. The summed E-state index contributed by atoms with van der Waals surface area (Å²) in [6.45, 7) is 4.40. The Balaban J connectivity index is 1.29. The van der Waals surface area contributed by atoms with Gasteiger partial charge in [0.15, 0.2) is 16.6 Å². The fraction of sp³-hybridized carbons (Fsp3) is 0.316. The fourth-order valence-corrected chi connectivity index (χ4v) is 3.69. The topological polar surface area (TPSA) is 37.0 Å². The maximum absolute atomic E-state index is 13.3. The van der Waals surface area contributed by atoms with Crippen molar-refractivity contribution < 1.29 is 13.9 Å². The Morgan fingerprint density at radius 2 is 1.85 bits per heavy atom. The number of hydrogen-bond donors (Lipinski definition) is 1. The first-order valence-electron chi connectivity index (χ1n) is 8.70. The molecule has 2 aliphatic heterocycles. The van der Waals surface area contributed by atoms with E-state index < -0.39 is 0 Å². The number of nitrogens with zero attached hydrogens (tertiary/aromatic N) is 2. The van der Waals surface area contributed by atoms with Crippen LogP contribution in [0.25, 0.3) is 0 Å². The van der Waals surface area contributed by atoms with E-state index in [0.717, 1.165) is 55.5 Å². The predicted molar refractivity (Wildman–Crippen MR) is 107 cm³/mol.